The van der Waals surface area contributed by atoms with E-state index in [2.05, 4.69) is 10.3 Å². The maximum atomic E-state index is 12.0. The molecule has 23 heavy (non-hydrogen) atoms. The van der Waals surface area contributed by atoms with Crippen LogP contribution in [0.2, 0.25) is 0 Å². The Morgan fingerprint density at radius 1 is 1.22 bits per heavy atom. The largest absolute Gasteiger partial charge is 0.497 e. The number of aromatic nitrogens is 1. The van der Waals surface area contributed by atoms with Gasteiger partial charge in [-0.25, -0.2) is 0 Å². The highest BCUT2D eigenvalue weighted by molar-refractivity contribution is 5.93. The van der Waals surface area contributed by atoms with Crippen molar-refractivity contribution in [3.63, 3.8) is 0 Å². The number of hydrogen-bond acceptors (Lipinski definition) is 4. The normalized spacial score (nSPS) is 10.2. The van der Waals surface area contributed by atoms with Crippen molar-refractivity contribution >= 4 is 5.91 Å². The van der Waals surface area contributed by atoms with Gasteiger partial charge in [0, 0.05) is 30.6 Å². The molecule has 1 heterocycles. The summed E-state index contributed by atoms with van der Waals surface area (Å²) in [4.78, 5) is 26.7. The topological polar surface area (TPSA) is 80.4 Å². The quantitative estimate of drug-likeness (QED) is 0.849. The Labute approximate surface area is 134 Å². The Kier molecular flexibility index (Phi) is 5.41. The molecule has 0 atom stereocenters. The number of aromatic amines is 1. The zero-order valence-corrected chi connectivity index (χ0v) is 13.4. The summed E-state index contributed by atoms with van der Waals surface area (Å²) >= 11 is 0. The van der Waals surface area contributed by atoms with Gasteiger partial charge in [0.05, 0.1) is 14.2 Å². The van der Waals surface area contributed by atoms with Gasteiger partial charge in [0.25, 0.3) is 5.91 Å². The third-order valence-corrected chi connectivity index (χ3v) is 3.48. The van der Waals surface area contributed by atoms with Crippen LogP contribution in [0.4, 0.5) is 0 Å². The number of hydrogen-bond donors (Lipinski definition) is 2. The van der Waals surface area contributed by atoms with E-state index in [4.69, 9.17) is 9.47 Å². The van der Waals surface area contributed by atoms with Crippen molar-refractivity contribution in [3.8, 4) is 11.5 Å². The number of benzene rings is 1. The molecule has 0 spiro atoms. The number of aryl methyl sites for hydroxylation is 1. The van der Waals surface area contributed by atoms with Crippen LogP contribution in [-0.2, 0) is 6.42 Å². The van der Waals surface area contributed by atoms with Gasteiger partial charge in [0.15, 0.2) is 5.43 Å². The first-order valence-electron chi connectivity index (χ1n) is 7.23. The van der Waals surface area contributed by atoms with Gasteiger partial charge in [0.2, 0.25) is 0 Å². The van der Waals surface area contributed by atoms with Crippen LogP contribution in [0.1, 0.15) is 21.6 Å². The number of rotatable bonds is 6. The second kappa shape index (κ2) is 7.49. The summed E-state index contributed by atoms with van der Waals surface area (Å²) in [5.41, 5.74) is 1.49. The average Bonchev–Trinajstić information content (AvgIpc) is 2.54. The molecular weight excluding hydrogens is 296 g/mol. The molecule has 0 saturated heterocycles. The van der Waals surface area contributed by atoms with Gasteiger partial charge < -0.3 is 19.8 Å². The van der Waals surface area contributed by atoms with E-state index in [9.17, 15) is 9.59 Å². The van der Waals surface area contributed by atoms with Crippen molar-refractivity contribution in [2.75, 3.05) is 20.8 Å². The molecule has 2 rings (SSSR count). The van der Waals surface area contributed by atoms with Crippen LogP contribution in [0.3, 0.4) is 0 Å². The molecule has 6 nitrogen and oxygen atoms in total. The van der Waals surface area contributed by atoms with E-state index in [1.54, 1.807) is 27.2 Å². The smallest absolute Gasteiger partial charge is 0.256 e. The van der Waals surface area contributed by atoms with E-state index < -0.39 is 5.91 Å². The summed E-state index contributed by atoms with van der Waals surface area (Å²) in [7, 11) is 3.18. The highest BCUT2D eigenvalue weighted by Gasteiger charge is 2.10. The Balaban J connectivity index is 1.99. The predicted octanol–water partition coefficient (Wildman–Crippen LogP) is 1.67. The van der Waals surface area contributed by atoms with Gasteiger partial charge in [-0.3, -0.25) is 9.59 Å². The van der Waals surface area contributed by atoms with Gasteiger partial charge in [-0.1, -0.05) is 6.07 Å². The molecule has 1 amide bonds. The fourth-order valence-electron chi connectivity index (χ4n) is 2.21. The fraction of sp³-hybridized carbons (Fsp3) is 0.294. The molecule has 0 saturated carbocycles. The summed E-state index contributed by atoms with van der Waals surface area (Å²) < 4.78 is 10.5. The van der Waals surface area contributed by atoms with Crippen LogP contribution >= 0.6 is 0 Å². The number of carbonyl (C=O) groups excluding carboxylic acids is 1. The highest BCUT2D eigenvalue weighted by atomic mass is 16.5. The maximum Gasteiger partial charge on any atom is 0.256 e. The van der Waals surface area contributed by atoms with E-state index >= 15 is 0 Å². The predicted molar refractivity (Wildman–Crippen MR) is 87.4 cm³/mol. The van der Waals surface area contributed by atoms with E-state index in [-0.39, 0.29) is 11.0 Å². The molecule has 0 unspecified atom stereocenters. The zero-order chi connectivity index (χ0) is 16.8. The molecule has 0 aliphatic carbocycles. The van der Waals surface area contributed by atoms with Crippen molar-refractivity contribution < 1.29 is 14.3 Å². The van der Waals surface area contributed by atoms with Crippen molar-refractivity contribution in [3.05, 3.63) is 57.5 Å². The van der Waals surface area contributed by atoms with Crippen LogP contribution < -0.4 is 20.2 Å². The summed E-state index contributed by atoms with van der Waals surface area (Å²) in [5, 5.41) is 2.74. The van der Waals surface area contributed by atoms with Crippen molar-refractivity contribution in [2.24, 2.45) is 0 Å². The Bertz CT molecular complexity index is 752. The molecule has 1 aromatic heterocycles. The fourth-order valence-corrected chi connectivity index (χ4v) is 2.21. The lowest BCUT2D eigenvalue weighted by Gasteiger charge is -2.11. The number of carbonyl (C=O) groups is 1. The SMILES string of the molecule is COc1ccc(CCNC(=O)c2c[nH]c(C)cc2=O)c(OC)c1. The van der Waals surface area contributed by atoms with Crippen LogP contribution in [0.25, 0.3) is 0 Å². The molecule has 0 radical (unpaired) electrons. The molecule has 1 aromatic carbocycles. The summed E-state index contributed by atoms with van der Waals surface area (Å²) in [6.45, 7) is 2.16. The van der Waals surface area contributed by atoms with Crippen LogP contribution in [0.5, 0.6) is 11.5 Å². The first kappa shape index (κ1) is 16.6. The molecule has 0 aliphatic rings. The molecule has 0 fully saturated rings. The third-order valence-electron chi connectivity index (χ3n) is 3.48. The molecule has 2 N–H and O–H groups in total. The lowest BCUT2D eigenvalue weighted by molar-refractivity contribution is 0.0952. The first-order chi connectivity index (χ1) is 11.0. The molecule has 6 heteroatoms. The molecule has 0 aliphatic heterocycles. The second-order valence-electron chi connectivity index (χ2n) is 5.08. The maximum absolute atomic E-state index is 12.0. The van der Waals surface area contributed by atoms with Gasteiger partial charge in [0.1, 0.15) is 17.1 Å². The van der Waals surface area contributed by atoms with Crippen molar-refractivity contribution in [1.29, 1.82) is 0 Å². The average molecular weight is 316 g/mol. The molecule has 2 aromatic rings. The van der Waals surface area contributed by atoms with Crippen LogP contribution in [0.15, 0.2) is 35.3 Å². The number of amides is 1. The minimum atomic E-state index is -0.390. The van der Waals surface area contributed by atoms with E-state index in [0.717, 1.165) is 11.3 Å². The van der Waals surface area contributed by atoms with E-state index in [0.29, 0.717) is 24.5 Å². The Morgan fingerprint density at radius 3 is 2.65 bits per heavy atom. The molecular formula is C17H20N2O4. The lowest BCUT2D eigenvalue weighted by Crippen LogP contribution is -2.30. The van der Waals surface area contributed by atoms with E-state index in [1.165, 1.54) is 12.3 Å². The van der Waals surface area contributed by atoms with Crippen LogP contribution in [0, 0.1) is 6.92 Å². The standard InChI is InChI=1S/C17H20N2O4/c1-11-8-15(20)14(10-19-11)17(21)18-7-6-12-4-5-13(22-2)9-16(12)23-3/h4-5,8-10H,6-7H2,1-3H3,(H,18,21)(H,19,20). The number of pyridine rings is 1. The molecule has 0 bridgehead atoms. The number of ether oxygens (including phenoxy) is 2. The summed E-state index contributed by atoms with van der Waals surface area (Å²) in [6, 6.07) is 6.93. The zero-order valence-electron chi connectivity index (χ0n) is 13.4. The van der Waals surface area contributed by atoms with Gasteiger partial charge in [-0.15, -0.1) is 0 Å². The first-order valence-corrected chi connectivity index (χ1v) is 7.23. The Hall–Kier alpha value is -2.76. The van der Waals surface area contributed by atoms with Crippen molar-refractivity contribution in [2.45, 2.75) is 13.3 Å². The minimum Gasteiger partial charge on any atom is -0.497 e. The van der Waals surface area contributed by atoms with Gasteiger partial charge in [-0.05, 0) is 25.0 Å². The highest BCUT2D eigenvalue weighted by Crippen LogP contribution is 2.24. The third kappa shape index (κ3) is 4.12. The number of nitrogens with one attached hydrogen (secondary N) is 2. The van der Waals surface area contributed by atoms with Crippen molar-refractivity contribution in [1.82, 2.24) is 10.3 Å². The number of H-pyrrole nitrogens is 1. The Morgan fingerprint density at radius 2 is 2.00 bits per heavy atom. The van der Waals surface area contributed by atoms with E-state index in [1.807, 2.05) is 12.1 Å². The number of methoxy groups -OCH3 is 2. The van der Waals surface area contributed by atoms with Gasteiger partial charge in [-0.2, -0.15) is 0 Å². The summed E-state index contributed by atoms with van der Waals surface area (Å²) in [6.07, 6.45) is 2.02. The summed E-state index contributed by atoms with van der Waals surface area (Å²) in [5.74, 6) is 1.02. The minimum absolute atomic E-state index is 0.109. The van der Waals surface area contributed by atoms with Gasteiger partial charge >= 0.3 is 0 Å². The molecule has 122 valence electrons. The van der Waals surface area contributed by atoms with Crippen LogP contribution in [-0.4, -0.2) is 31.7 Å². The second-order valence-corrected chi connectivity index (χ2v) is 5.08. The lowest BCUT2D eigenvalue weighted by atomic mass is 10.1. The monoisotopic (exact) mass is 316 g/mol.